The van der Waals surface area contributed by atoms with Gasteiger partial charge in [-0.3, -0.25) is 0 Å². The van der Waals surface area contributed by atoms with Gasteiger partial charge in [-0.05, 0) is 19.1 Å². The standard InChI is InChI=1S/C12H12N2O3/c1-8-7-13-14(11(8)12(15)16)9-5-3-4-6-10(9)17-2/h3-7H,1-2H3,(H,15,16). The second kappa shape index (κ2) is 4.29. The summed E-state index contributed by atoms with van der Waals surface area (Å²) < 4.78 is 6.56. The molecule has 17 heavy (non-hydrogen) atoms. The first-order valence-electron chi connectivity index (χ1n) is 5.06. The molecule has 0 aliphatic rings. The zero-order chi connectivity index (χ0) is 12.4. The van der Waals surface area contributed by atoms with Crippen LogP contribution in [0, 0.1) is 6.92 Å². The largest absolute Gasteiger partial charge is 0.494 e. The minimum absolute atomic E-state index is 0.148. The number of carbonyl (C=O) groups is 1. The van der Waals surface area contributed by atoms with Gasteiger partial charge in [0, 0.05) is 5.56 Å². The number of benzene rings is 1. The number of aryl methyl sites for hydroxylation is 1. The maximum atomic E-state index is 11.2. The molecule has 5 heteroatoms. The molecule has 0 saturated carbocycles. The lowest BCUT2D eigenvalue weighted by molar-refractivity contribution is 0.0686. The second-order valence-corrected chi connectivity index (χ2v) is 3.56. The molecule has 0 saturated heterocycles. The summed E-state index contributed by atoms with van der Waals surface area (Å²) in [6.07, 6.45) is 1.52. The van der Waals surface area contributed by atoms with E-state index in [1.54, 1.807) is 25.1 Å². The fraction of sp³-hybridized carbons (Fsp3) is 0.167. The number of nitrogens with zero attached hydrogens (tertiary/aromatic N) is 2. The number of aromatic nitrogens is 2. The van der Waals surface area contributed by atoms with Gasteiger partial charge in [0.05, 0.1) is 13.3 Å². The van der Waals surface area contributed by atoms with Crippen LogP contribution in [0.25, 0.3) is 5.69 Å². The lowest BCUT2D eigenvalue weighted by Crippen LogP contribution is -2.10. The number of aromatic carboxylic acids is 1. The van der Waals surface area contributed by atoms with Crippen molar-refractivity contribution in [3.8, 4) is 11.4 Å². The SMILES string of the molecule is COc1ccccc1-n1ncc(C)c1C(=O)O. The quantitative estimate of drug-likeness (QED) is 0.877. The molecule has 2 aromatic rings. The van der Waals surface area contributed by atoms with E-state index in [2.05, 4.69) is 5.10 Å². The summed E-state index contributed by atoms with van der Waals surface area (Å²) in [6.45, 7) is 1.71. The maximum absolute atomic E-state index is 11.2. The van der Waals surface area contributed by atoms with Crippen molar-refractivity contribution in [2.45, 2.75) is 6.92 Å². The number of carboxylic acid groups (broad SMARTS) is 1. The molecule has 1 aromatic carbocycles. The van der Waals surface area contributed by atoms with Crippen molar-refractivity contribution in [3.05, 3.63) is 41.7 Å². The number of hydrogen-bond donors (Lipinski definition) is 1. The normalized spacial score (nSPS) is 10.2. The van der Waals surface area contributed by atoms with Gasteiger partial charge in [-0.25, -0.2) is 9.48 Å². The molecule has 0 amide bonds. The van der Waals surface area contributed by atoms with Crippen LogP contribution in [0.4, 0.5) is 0 Å². The Morgan fingerprint density at radius 2 is 2.12 bits per heavy atom. The Morgan fingerprint density at radius 3 is 2.76 bits per heavy atom. The molecule has 88 valence electrons. The van der Waals surface area contributed by atoms with Gasteiger partial charge >= 0.3 is 5.97 Å². The van der Waals surface area contributed by atoms with Crippen molar-refractivity contribution in [3.63, 3.8) is 0 Å². The zero-order valence-electron chi connectivity index (χ0n) is 9.54. The van der Waals surface area contributed by atoms with E-state index >= 15 is 0 Å². The van der Waals surface area contributed by atoms with Crippen LogP contribution < -0.4 is 4.74 Å². The summed E-state index contributed by atoms with van der Waals surface area (Å²) >= 11 is 0. The van der Waals surface area contributed by atoms with Gasteiger partial charge in [-0.2, -0.15) is 5.10 Å². The molecule has 1 N–H and O–H groups in total. The van der Waals surface area contributed by atoms with E-state index in [0.717, 1.165) is 0 Å². The van der Waals surface area contributed by atoms with Crippen LogP contribution in [0.1, 0.15) is 16.1 Å². The Balaban J connectivity index is 2.65. The molecular weight excluding hydrogens is 220 g/mol. The highest BCUT2D eigenvalue weighted by atomic mass is 16.5. The van der Waals surface area contributed by atoms with Crippen LogP contribution in [0.15, 0.2) is 30.5 Å². The lowest BCUT2D eigenvalue weighted by Gasteiger charge is -2.09. The molecule has 0 unspecified atom stereocenters. The Hall–Kier alpha value is -2.30. The number of carboxylic acids is 1. The van der Waals surface area contributed by atoms with Crippen LogP contribution >= 0.6 is 0 Å². The van der Waals surface area contributed by atoms with E-state index < -0.39 is 5.97 Å². The summed E-state index contributed by atoms with van der Waals surface area (Å²) in [6, 6.07) is 7.15. The van der Waals surface area contributed by atoms with Gasteiger partial charge < -0.3 is 9.84 Å². The summed E-state index contributed by atoms with van der Waals surface area (Å²) in [5, 5.41) is 13.2. The molecule has 0 radical (unpaired) electrons. The first kappa shape index (κ1) is 11.2. The summed E-state index contributed by atoms with van der Waals surface area (Å²) in [5.74, 6) is -0.427. The van der Waals surface area contributed by atoms with Crippen molar-refractivity contribution in [1.29, 1.82) is 0 Å². The van der Waals surface area contributed by atoms with Crippen molar-refractivity contribution in [2.24, 2.45) is 0 Å². The fourth-order valence-corrected chi connectivity index (χ4v) is 1.68. The average Bonchev–Trinajstić information content (AvgIpc) is 2.71. The number of methoxy groups -OCH3 is 1. The Labute approximate surface area is 98.3 Å². The van der Waals surface area contributed by atoms with Crippen molar-refractivity contribution in [1.82, 2.24) is 9.78 Å². The molecule has 1 aromatic heterocycles. The van der Waals surface area contributed by atoms with Crippen LogP contribution in [0.5, 0.6) is 5.75 Å². The fourth-order valence-electron chi connectivity index (χ4n) is 1.68. The monoisotopic (exact) mass is 232 g/mol. The van der Waals surface area contributed by atoms with Crippen LogP contribution in [0.3, 0.4) is 0 Å². The summed E-state index contributed by atoms with van der Waals surface area (Å²) in [4.78, 5) is 11.2. The highest BCUT2D eigenvalue weighted by Crippen LogP contribution is 2.23. The third-order valence-corrected chi connectivity index (χ3v) is 2.47. The molecule has 2 rings (SSSR count). The first-order valence-corrected chi connectivity index (χ1v) is 5.06. The molecule has 5 nitrogen and oxygen atoms in total. The Morgan fingerprint density at radius 1 is 1.41 bits per heavy atom. The molecule has 0 aliphatic heterocycles. The third kappa shape index (κ3) is 1.87. The van der Waals surface area contributed by atoms with Gasteiger partial charge in [0.25, 0.3) is 0 Å². The van der Waals surface area contributed by atoms with Gasteiger partial charge in [-0.15, -0.1) is 0 Å². The summed E-state index contributed by atoms with van der Waals surface area (Å²) in [5.41, 5.74) is 1.37. The third-order valence-electron chi connectivity index (χ3n) is 2.47. The van der Waals surface area contributed by atoms with Crippen molar-refractivity contribution >= 4 is 5.97 Å². The van der Waals surface area contributed by atoms with Gasteiger partial charge in [-0.1, -0.05) is 12.1 Å². The first-order chi connectivity index (χ1) is 8.15. The smallest absolute Gasteiger partial charge is 0.354 e. The van der Waals surface area contributed by atoms with Gasteiger partial charge in [0.15, 0.2) is 5.69 Å². The molecule has 0 fully saturated rings. The lowest BCUT2D eigenvalue weighted by atomic mass is 10.2. The maximum Gasteiger partial charge on any atom is 0.354 e. The van der Waals surface area contributed by atoms with E-state index in [9.17, 15) is 4.79 Å². The average molecular weight is 232 g/mol. The minimum Gasteiger partial charge on any atom is -0.494 e. The van der Waals surface area contributed by atoms with Crippen molar-refractivity contribution in [2.75, 3.05) is 7.11 Å². The number of hydrogen-bond acceptors (Lipinski definition) is 3. The predicted molar refractivity (Wildman–Crippen MR) is 61.8 cm³/mol. The van der Waals surface area contributed by atoms with E-state index in [1.807, 2.05) is 6.07 Å². The zero-order valence-corrected chi connectivity index (χ0v) is 9.54. The molecule has 0 bridgehead atoms. The van der Waals surface area contributed by atoms with Crippen LogP contribution in [0.2, 0.25) is 0 Å². The minimum atomic E-state index is -1.01. The molecule has 0 atom stereocenters. The second-order valence-electron chi connectivity index (χ2n) is 3.56. The van der Waals surface area contributed by atoms with Crippen LogP contribution in [-0.2, 0) is 0 Å². The number of para-hydroxylation sites is 2. The number of ether oxygens (including phenoxy) is 1. The Bertz CT molecular complexity index is 561. The topological polar surface area (TPSA) is 64.4 Å². The van der Waals surface area contributed by atoms with Gasteiger partial charge in [0.1, 0.15) is 11.4 Å². The van der Waals surface area contributed by atoms with E-state index in [4.69, 9.17) is 9.84 Å². The predicted octanol–water partition coefficient (Wildman–Crippen LogP) is 1.89. The molecule has 0 spiro atoms. The molecule has 1 heterocycles. The molecular formula is C12H12N2O3. The Kier molecular flexibility index (Phi) is 2.82. The van der Waals surface area contributed by atoms with E-state index in [0.29, 0.717) is 17.0 Å². The van der Waals surface area contributed by atoms with E-state index in [1.165, 1.54) is 18.0 Å². The van der Waals surface area contributed by atoms with Crippen LogP contribution in [-0.4, -0.2) is 28.0 Å². The highest BCUT2D eigenvalue weighted by Gasteiger charge is 2.17. The highest BCUT2D eigenvalue weighted by molar-refractivity contribution is 5.88. The number of rotatable bonds is 3. The van der Waals surface area contributed by atoms with Crippen molar-refractivity contribution < 1.29 is 14.6 Å². The van der Waals surface area contributed by atoms with E-state index in [-0.39, 0.29) is 5.69 Å². The van der Waals surface area contributed by atoms with Gasteiger partial charge in [0.2, 0.25) is 0 Å². The molecule has 0 aliphatic carbocycles. The summed E-state index contributed by atoms with van der Waals surface area (Å²) in [7, 11) is 1.54.